The zero-order chi connectivity index (χ0) is 41.0. The highest BCUT2D eigenvalue weighted by Gasteiger charge is 2.54. The molecule has 3 aromatic rings. The molecule has 3 aromatic carbocycles. The van der Waals surface area contributed by atoms with Gasteiger partial charge >= 0.3 is 5.97 Å². The van der Waals surface area contributed by atoms with Crippen LogP contribution in [0.15, 0.2) is 54.6 Å². The van der Waals surface area contributed by atoms with Crippen molar-refractivity contribution in [3.63, 3.8) is 0 Å². The number of fused-ring (bicyclic) bond motifs is 6. The number of ether oxygens (including phenoxy) is 6. The van der Waals surface area contributed by atoms with E-state index < -0.39 is 78.1 Å². The van der Waals surface area contributed by atoms with E-state index in [9.17, 15) is 39.9 Å². The number of aromatic hydroxyl groups is 2. The van der Waals surface area contributed by atoms with Crippen molar-refractivity contribution in [1.29, 1.82) is 0 Å². The summed E-state index contributed by atoms with van der Waals surface area (Å²) in [6.07, 6.45) is -7.65. The van der Waals surface area contributed by atoms with Crippen LogP contribution in [-0.2, 0) is 38.9 Å². The van der Waals surface area contributed by atoms with Crippen molar-refractivity contribution in [2.24, 2.45) is 5.92 Å². The SMILES string of the molecule is CCC(C)(CC)OC1OC(CO)C(C)C(OC2CC(O)C(O)C(C(=O)Nc3ccc4c(c3)C(=O)OC43c4ccc(O)cc4Oc4cc(O)ccc43)O2)C1NC(C)=O. The first-order chi connectivity index (χ1) is 27.1. The molecular weight excluding hydrogens is 744 g/mol. The van der Waals surface area contributed by atoms with Crippen LogP contribution >= 0.6 is 0 Å². The van der Waals surface area contributed by atoms with Crippen molar-refractivity contribution in [2.45, 2.75) is 114 Å². The molecule has 0 saturated carbocycles. The number of carbonyl (C=O) groups excluding carboxylic acids is 3. The number of hydrogen-bond donors (Lipinski definition) is 7. The lowest BCUT2D eigenvalue weighted by Gasteiger charge is -2.49. The van der Waals surface area contributed by atoms with Crippen LogP contribution in [0.5, 0.6) is 23.0 Å². The number of amides is 2. The number of hydrogen-bond acceptors (Lipinski definition) is 14. The average molecular weight is 793 g/mol. The average Bonchev–Trinajstić information content (AvgIpc) is 3.45. The van der Waals surface area contributed by atoms with Gasteiger partial charge in [-0.3, -0.25) is 9.59 Å². The lowest BCUT2D eigenvalue weighted by molar-refractivity contribution is -0.321. The first-order valence-corrected chi connectivity index (χ1v) is 19.0. The van der Waals surface area contributed by atoms with Crippen LogP contribution in [0.3, 0.4) is 0 Å². The minimum absolute atomic E-state index is 0.0890. The smallest absolute Gasteiger partial charge is 0.340 e. The number of anilines is 1. The van der Waals surface area contributed by atoms with Crippen molar-refractivity contribution < 1.29 is 68.3 Å². The Morgan fingerprint density at radius 1 is 0.947 bits per heavy atom. The second kappa shape index (κ2) is 15.5. The molecule has 0 aromatic heterocycles. The molecule has 57 heavy (non-hydrogen) atoms. The number of phenols is 2. The highest BCUT2D eigenvalue weighted by Crippen LogP contribution is 2.57. The summed E-state index contributed by atoms with van der Waals surface area (Å²) >= 11 is 0. The minimum atomic E-state index is -1.66. The first kappa shape index (κ1) is 40.4. The standard InChI is InChI=1S/C41H48N2O14/c1-6-40(5,7-2)57-39-33(42-20(4)45)35(19(3)31(18-44)53-39)54-32-17-28(48)34(49)36(55-32)37(50)43-21-8-11-25-24(14-21)38(51)56-41(25)26-12-9-22(46)15-29(26)52-30-16-23(47)10-13-27(30)41/h8-16,19,28,31-36,39,44,46-49H,6-7,17-18H2,1-5H3,(H,42,45)(H,43,50). The molecule has 0 aliphatic carbocycles. The molecule has 1 spiro atoms. The molecule has 4 heterocycles. The summed E-state index contributed by atoms with van der Waals surface area (Å²) < 4.78 is 37.1. The number of benzene rings is 3. The van der Waals surface area contributed by atoms with Crippen LogP contribution in [0.1, 0.15) is 80.9 Å². The van der Waals surface area contributed by atoms with Crippen LogP contribution in [0.4, 0.5) is 5.69 Å². The summed E-state index contributed by atoms with van der Waals surface area (Å²) in [4.78, 5) is 39.9. The topological polar surface area (TPSA) is 232 Å². The van der Waals surface area contributed by atoms with Gasteiger partial charge in [-0.05, 0) is 56.2 Å². The Kier molecular flexibility index (Phi) is 11.0. The van der Waals surface area contributed by atoms with E-state index in [1.165, 1.54) is 43.3 Å². The molecule has 2 fully saturated rings. The van der Waals surface area contributed by atoms with Gasteiger partial charge in [0, 0.05) is 53.8 Å². The molecule has 4 aliphatic heterocycles. The van der Waals surface area contributed by atoms with Crippen LogP contribution in [-0.4, -0.2) is 105 Å². The van der Waals surface area contributed by atoms with Crippen molar-refractivity contribution >= 4 is 23.5 Å². The van der Waals surface area contributed by atoms with Gasteiger partial charge in [0.2, 0.25) is 5.91 Å². The molecule has 306 valence electrons. The summed E-state index contributed by atoms with van der Waals surface area (Å²) in [6.45, 7) is 8.56. The monoisotopic (exact) mass is 792 g/mol. The Bertz CT molecular complexity index is 1980. The maximum absolute atomic E-state index is 13.8. The third-order valence-electron chi connectivity index (χ3n) is 11.6. The zero-order valence-corrected chi connectivity index (χ0v) is 32.1. The highest BCUT2D eigenvalue weighted by molar-refractivity contribution is 6.00. The van der Waals surface area contributed by atoms with Crippen LogP contribution in [0.25, 0.3) is 0 Å². The molecule has 16 heteroatoms. The van der Waals surface area contributed by atoms with Gasteiger partial charge in [0.15, 0.2) is 24.3 Å². The van der Waals surface area contributed by atoms with Gasteiger partial charge in [-0.2, -0.15) is 0 Å². The Labute approximate surface area is 328 Å². The number of phenolic OH excluding ortho intramolecular Hbond substituents is 2. The van der Waals surface area contributed by atoms with Gasteiger partial charge < -0.3 is 64.6 Å². The predicted molar refractivity (Wildman–Crippen MR) is 199 cm³/mol. The second-order valence-electron chi connectivity index (χ2n) is 15.2. The number of carbonyl (C=O) groups is 3. The lowest BCUT2D eigenvalue weighted by Crippen LogP contribution is -2.65. The molecule has 2 saturated heterocycles. The fourth-order valence-electron chi connectivity index (χ4n) is 7.99. The third kappa shape index (κ3) is 7.31. The first-order valence-electron chi connectivity index (χ1n) is 19.0. The summed E-state index contributed by atoms with van der Waals surface area (Å²) in [7, 11) is 0. The van der Waals surface area contributed by atoms with Gasteiger partial charge in [-0.1, -0.05) is 26.8 Å². The van der Waals surface area contributed by atoms with Crippen LogP contribution in [0.2, 0.25) is 0 Å². The second-order valence-corrected chi connectivity index (χ2v) is 15.2. The molecule has 0 radical (unpaired) electrons. The van der Waals surface area contributed by atoms with Gasteiger partial charge in [-0.25, -0.2) is 4.79 Å². The molecule has 2 amide bonds. The van der Waals surface area contributed by atoms with E-state index in [4.69, 9.17) is 28.4 Å². The summed E-state index contributed by atoms with van der Waals surface area (Å²) in [6, 6.07) is 12.4. The van der Waals surface area contributed by atoms with E-state index in [1.54, 1.807) is 25.1 Å². The molecule has 7 N–H and O–H groups in total. The third-order valence-corrected chi connectivity index (χ3v) is 11.6. The number of esters is 1. The van der Waals surface area contributed by atoms with E-state index in [-0.39, 0.29) is 53.2 Å². The van der Waals surface area contributed by atoms with Gasteiger partial charge in [0.25, 0.3) is 5.91 Å². The summed E-state index contributed by atoms with van der Waals surface area (Å²) in [5.41, 5.74) is -0.630. The normalized spacial score (nSPS) is 28.7. The van der Waals surface area contributed by atoms with E-state index in [0.29, 0.717) is 29.5 Å². The van der Waals surface area contributed by atoms with E-state index >= 15 is 0 Å². The molecule has 9 atom stereocenters. The van der Waals surface area contributed by atoms with E-state index in [0.717, 1.165) is 0 Å². The fourth-order valence-corrected chi connectivity index (χ4v) is 7.99. The molecular formula is C41H48N2O14. The molecule has 0 bridgehead atoms. The van der Waals surface area contributed by atoms with Crippen molar-refractivity contribution in [1.82, 2.24) is 5.32 Å². The quantitative estimate of drug-likeness (QED) is 0.146. The summed E-state index contributed by atoms with van der Waals surface area (Å²) in [5.74, 6) is -2.25. The van der Waals surface area contributed by atoms with E-state index in [1.807, 2.05) is 20.8 Å². The van der Waals surface area contributed by atoms with Crippen LogP contribution < -0.4 is 15.4 Å². The number of nitrogens with one attached hydrogen (secondary N) is 2. The number of aliphatic hydroxyl groups is 3. The molecule has 7 rings (SSSR count). The minimum Gasteiger partial charge on any atom is -0.508 e. The molecule has 16 nitrogen and oxygen atoms in total. The lowest BCUT2D eigenvalue weighted by atomic mass is 9.77. The summed E-state index contributed by atoms with van der Waals surface area (Å²) in [5, 5.41) is 58.1. The number of aliphatic hydroxyl groups excluding tert-OH is 3. The maximum Gasteiger partial charge on any atom is 0.340 e. The number of rotatable bonds is 10. The van der Waals surface area contributed by atoms with Crippen LogP contribution in [0, 0.1) is 5.92 Å². The van der Waals surface area contributed by atoms with Gasteiger partial charge in [-0.15, -0.1) is 0 Å². The van der Waals surface area contributed by atoms with Crippen molar-refractivity contribution in [3.8, 4) is 23.0 Å². The van der Waals surface area contributed by atoms with Crippen molar-refractivity contribution in [3.05, 3.63) is 76.9 Å². The van der Waals surface area contributed by atoms with Gasteiger partial charge in [0.05, 0.1) is 36.1 Å². The molecule has 9 unspecified atom stereocenters. The Hall–Kier alpha value is -4.81. The van der Waals surface area contributed by atoms with E-state index in [2.05, 4.69) is 10.6 Å². The largest absolute Gasteiger partial charge is 0.508 e. The Morgan fingerprint density at radius 2 is 1.58 bits per heavy atom. The predicted octanol–water partition coefficient (Wildman–Crippen LogP) is 3.28. The van der Waals surface area contributed by atoms with Gasteiger partial charge in [0.1, 0.15) is 35.1 Å². The van der Waals surface area contributed by atoms with Crippen molar-refractivity contribution in [2.75, 3.05) is 11.9 Å². The zero-order valence-electron chi connectivity index (χ0n) is 32.1. The Morgan fingerprint density at radius 3 is 2.18 bits per heavy atom. The Balaban J connectivity index is 1.14. The maximum atomic E-state index is 13.8. The molecule has 4 aliphatic rings. The highest BCUT2D eigenvalue weighted by atomic mass is 16.7. The fraction of sp³-hybridized carbons (Fsp3) is 0.488.